The van der Waals surface area contributed by atoms with E-state index in [9.17, 15) is 0 Å². The van der Waals surface area contributed by atoms with E-state index in [1.54, 1.807) is 0 Å². The van der Waals surface area contributed by atoms with Crippen molar-refractivity contribution in [3.05, 3.63) is 35.9 Å². The second kappa shape index (κ2) is 7.58. The molecule has 0 spiro atoms. The molecule has 0 amide bonds. The van der Waals surface area contributed by atoms with Crippen molar-refractivity contribution < 1.29 is 0 Å². The molecule has 18 heavy (non-hydrogen) atoms. The Kier molecular flexibility index (Phi) is 5.73. The molecule has 100 valence electrons. The summed E-state index contributed by atoms with van der Waals surface area (Å²) in [4.78, 5) is 0. The van der Waals surface area contributed by atoms with Crippen molar-refractivity contribution in [2.45, 2.75) is 45.4 Å². The van der Waals surface area contributed by atoms with Crippen molar-refractivity contribution in [2.75, 3.05) is 13.1 Å². The molecule has 1 fully saturated rings. The normalized spacial score (nSPS) is 23.4. The molecule has 2 atom stereocenters. The van der Waals surface area contributed by atoms with Gasteiger partial charge >= 0.3 is 0 Å². The van der Waals surface area contributed by atoms with E-state index in [0.29, 0.717) is 0 Å². The fourth-order valence-electron chi connectivity index (χ4n) is 3.04. The Morgan fingerprint density at radius 2 is 1.94 bits per heavy atom. The van der Waals surface area contributed by atoms with Gasteiger partial charge in [-0.15, -0.1) is 0 Å². The molecule has 0 aliphatic heterocycles. The van der Waals surface area contributed by atoms with Gasteiger partial charge in [0.2, 0.25) is 0 Å². The molecule has 1 aliphatic rings. The Hall–Kier alpha value is -0.820. The molecule has 1 heteroatoms. The fourth-order valence-corrected chi connectivity index (χ4v) is 3.04. The highest BCUT2D eigenvalue weighted by Gasteiger charge is 2.20. The first-order chi connectivity index (χ1) is 8.84. The van der Waals surface area contributed by atoms with Crippen LogP contribution in [0.5, 0.6) is 0 Å². The second-order valence-corrected chi connectivity index (χ2v) is 5.93. The minimum Gasteiger partial charge on any atom is -0.316 e. The lowest BCUT2D eigenvalue weighted by atomic mass is 10.1. The summed E-state index contributed by atoms with van der Waals surface area (Å²) in [5.74, 6) is 1.92. The molecule has 1 aromatic carbocycles. The van der Waals surface area contributed by atoms with Gasteiger partial charge in [0, 0.05) is 0 Å². The van der Waals surface area contributed by atoms with Crippen LogP contribution in [0.1, 0.15) is 44.6 Å². The van der Waals surface area contributed by atoms with E-state index in [0.717, 1.165) is 11.8 Å². The third-order valence-corrected chi connectivity index (χ3v) is 4.15. The van der Waals surface area contributed by atoms with Crippen molar-refractivity contribution in [3.8, 4) is 0 Å². The maximum absolute atomic E-state index is 3.63. The lowest BCUT2D eigenvalue weighted by molar-refractivity contribution is 0.465. The van der Waals surface area contributed by atoms with Gasteiger partial charge in [-0.05, 0) is 62.6 Å². The number of aryl methyl sites for hydroxylation is 1. The van der Waals surface area contributed by atoms with Crippen LogP contribution in [0, 0.1) is 11.8 Å². The Morgan fingerprint density at radius 3 is 2.67 bits per heavy atom. The number of unbranched alkanes of at least 4 members (excludes halogenated alkanes) is 1. The molecule has 0 radical (unpaired) electrons. The lowest BCUT2D eigenvalue weighted by Crippen LogP contribution is -2.22. The van der Waals surface area contributed by atoms with Gasteiger partial charge in [-0.3, -0.25) is 0 Å². The number of nitrogens with one attached hydrogen (secondary N) is 1. The first-order valence-electron chi connectivity index (χ1n) is 7.59. The second-order valence-electron chi connectivity index (χ2n) is 5.93. The molecular formula is C17H27N. The summed E-state index contributed by atoms with van der Waals surface area (Å²) < 4.78 is 0. The number of benzene rings is 1. The molecule has 2 unspecified atom stereocenters. The topological polar surface area (TPSA) is 12.0 Å². The number of hydrogen-bond acceptors (Lipinski definition) is 1. The Labute approximate surface area is 112 Å². The predicted molar refractivity (Wildman–Crippen MR) is 78.8 cm³/mol. The van der Waals surface area contributed by atoms with Crippen LogP contribution >= 0.6 is 0 Å². The summed E-state index contributed by atoms with van der Waals surface area (Å²) >= 11 is 0. The van der Waals surface area contributed by atoms with E-state index < -0.39 is 0 Å². The zero-order valence-electron chi connectivity index (χ0n) is 11.7. The molecule has 0 bridgehead atoms. The van der Waals surface area contributed by atoms with Crippen LogP contribution in [0.3, 0.4) is 0 Å². The first kappa shape index (κ1) is 13.6. The first-order valence-corrected chi connectivity index (χ1v) is 7.59. The van der Waals surface area contributed by atoms with Gasteiger partial charge in [-0.2, -0.15) is 0 Å². The fraction of sp³-hybridized carbons (Fsp3) is 0.647. The Morgan fingerprint density at radius 1 is 1.11 bits per heavy atom. The van der Waals surface area contributed by atoms with Crippen LogP contribution in [-0.4, -0.2) is 13.1 Å². The Bertz CT molecular complexity index is 320. The number of rotatable bonds is 7. The molecule has 2 rings (SSSR count). The van der Waals surface area contributed by atoms with E-state index >= 15 is 0 Å². The van der Waals surface area contributed by atoms with Crippen molar-refractivity contribution >= 4 is 0 Å². The molecule has 1 aliphatic carbocycles. The minimum absolute atomic E-state index is 0.953. The highest BCUT2D eigenvalue weighted by atomic mass is 14.9. The lowest BCUT2D eigenvalue weighted by Gasteiger charge is -2.10. The molecule has 0 heterocycles. The van der Waals surface area contributed by atoms with E-state index in [4.69, 9.17) is 0 Å². The quantitative estimate of drug-likeness (QED) is 0.715. The van der Waals surface area contributed by atoms with E-state index in [-0.39, 0.29) is 0 Å². The van der Waals surface area contributed by atoms with Crippen LogP contribution in [0.4, 0.5) is 0 Å². The van der Waals surface area contributed by atoms with Gasteiger partial charge in [0.1, 0.15) is 0 Å². The average Bonchev–Trinajstić information content (AvgIpc) is 2.81. The van der Waals surface area contributed by atoms with Crippen LogP contribution in [-0.2, 0) is 6.42 Å². The SMILES string of the molecule is CC1CCC(CNCCCCc2ccccc2)C1. The van der Waals surface area contributed by atoms with Crippen molar-refractivity contribution in [1.29, 1.82) is 0 Å². The Balaban J connectivity index is 1.47. The minimum atomic E-state index is 0.953. The summed E-state index contributed by atoms with van der Waals surface area (Å²) in [5.41, 5.74) is 1.47. The molecule has 0 saturated heterocycles. The van der Waals surface area contributed by atoms with Crippen LogP contribution < -0.4 is 5.32 Å². The van der Waals surface area contributed by atoms with Gasteiger partial charge in [0.25, 0.3) is 0 Å². The summed E-state index contributed by atoms with van der Waals surface area (Å²) in [6.07, 6.45) is 8.16. The van der Waals surface area contributed by atoms with Gasteiger partial charge in [0.15, 0.2) is 0 Å². The summed E-state index contributed by atoms with van der Waals surface area (Å²) in [6.45, 7) is 4.83. The van der Waals surface area contributed by atoms with E-state index in [1.165, 1.54) is 57.2 Å². The smallest absolute Gasteiger partial charge is 0.00204 e. The van der Waals surface area contributed by atoms with Crippen molar-refractivity contribution in [2.24, 2.45) is 11.8 Å². The van der Waals surface area contributed by atoms with E-state index in [2.05, 4.69) is 42.6 Å². The molecular weight excluding hydrogens is 218 g/mol. The summed E-state index contributed by atoms with van der Waals surface area (Å²) in [6, 6.07) is 10.8. The average molecular weight is 245 g/mol. The van der Waals surface area contributed by atoms with Gasteiger partial charge in [0.05, 0.1) is 0 Å². The molecule has 1 aromatic rings. The maximum Gasteiger partial charge on any atom is -0.00204 e. The number of hydrogen-bond donors (Lipinski definition) is 1. The predicted octanol–water partition coefficient (Wildman–Crippen LogP) is 4.04. The molecule has 1 saturated carbocycles. The summed E-state index contributed by atoms with van der Waals surface area (Å²) in [5, 5.41) is 3.63. The van der Waals surface area contributed by atoms with Crippen molar-refractivity contribution in [3.63, 3.8) is 0 Å². The van der Waals surface area contributed by atoms with Gasteiger partial charge in [-0.25, -0.2) is 0 Å². The third kappa shape index (κ3) is 4.81. The van der Waals surface area contributed by atoms with Gasteiger partial charge < -0.3 is 5.32 Å². The van der Waals surface area contributed by atoms with E-state index in [1.807, 2.05) is 0 Å². The monoisotopic (exact) mass is 245 g/mol. The molecule has 1 N–H and O–H groups in total. The zero-order valence-corrected chi connectivity index (χ0v) is 11.7. The van der Waals surface area contributed by atoms with Crippen LogP contribution in [0.2, 0.25) is 0 Å². The van der Waals surface area contributed by atoms with Crippen molar-refractivity contribution in [1.82, 2.24) is 5.32 Å². The van der Waals surface area contributed by atoms with Gasteiger partial charge in [-0.1, -0.05) is 43.7 Å². The summed E-state index contributed by atoms with van der Waals surface area (Å²) in [7, 11) is 0. The van der Waals surface area contributed by atoms with Crippen LogP contribution in [0.25, 0.3) is 0 Å². The standard InChI is InChI=1S/C17H27N/c1-15-10-11-17(13-15)14-18-12-6-5-9-16-7-3-2-4-8-16/h2-4,7-8,15,17-18H,5-6,9-14H2,1H3. The molecule has 1 nitrogen and oxygen atoms in total. The highest BCUT2D eigenvalue weighted by Crippen LogP contribution is 2.29. The largest absolute Gasteiger partial charge is 0.316 e. The third-order valence-electron chi connectivity index (χ3n) is 4.15. The highest BCUT2D eigenvalue weighted by molar-refractivity contribution is 5.14. The molecule has 0 aromatic heterocycles. The zero-order chi connectivity index (χ0) is 12.6. The van der Waals surface area contributed by atoms with Crippen LogP contribution in [0.15, 0.2) is 30.3 Å². The maximum atomic E-state index is 3.63.